The predicted octanol–water partition coefficient (Wildman–Crippen LogP) is 3.39. The van der Waals surface area contributed by atoms with E-state index in [0.29, 0.717) is 21.9 Å². The van der Waals surface area contributed by atoms with E-state index in [4.69, 9.17) is 9.47 Å². The van der Waals surface area contributed by atoms with Crippen molar-refractivity contribution < 1.29 is 19.4 Å². The second-order valence-corrected chi connectivity index (χ2v) is 4.90. The minimum Gasteiger partial charge on any atom is -0.497 e. The molecule has 0 amide bonds. The molecular formula is C15H14O4S. The number of methoxy groups -OCH3 is 2. The monoisotopic (exact) mass is 290 g/mol. The number of aliphatic carboxylic acids is 1. The highest BCUT2D eigenvalue weighted by Crippen LogP contribution is 2.29. The molecule has 1 N–H and O–H groups in total. The van der Waals surface area contributed by atoms with Crippen LogP contribution in [0.15, 0.2) is 35.7 Å². The van der Waals surface area contributed by atoms with Gasteiger partial charge in [-0.15, -0.1) is 11.3 Å². The Labute approximate surface area is 120 Å². The summed E-state index contributed by atoms with van der Waals surface area (Å²) in [7, 11) is 3.11. The van der Waals surface area contributed by atoms with E-state index in [1.54, 1.807) is 44.6 Å². The second-order valence-electron chi connectivity index (χ2n) is 3.95. The quantitative estimate of drug-likeness (QED) is 0.858. The molecule has 0 radical (unpaired) electrons. The molecule has 1 heterocycles. The van der Waals surface area contributed by atoms with Gasteiger partial charge in [-0.25, -0.2) is 4.79 Å². The molecule has 0 aliphatic carbocycles. The maximum absolute atomic E-state index is 11.4. The maximum atomic E-state index is 11.4. The van der Waals surface area contributed by atoms with Gasteiger partial charge in [0.1, 0.15) is 11.5 Å². The molecule has 0 spiro atoms. The number of benzene rings is 1. The van der Waals surface area contributed by atoms with Gasteiger partial charge in [-0.1, -0.05) is 6.07 Å². The van der Waals surface area contributed by atoms with Crippen molar-refractivity contribution in [1.82, 2.24) is 0 Å². The fourth-order valence-electron chi connectivity index (χ4n) is 1.78. The van der Waals surface area contributed by atoms with E-state index in [9.17, 15) is 9.90 Å². The predicted molar refractivity (Wildman–Crippen MR) is 79.4 cm³/mol. The number of ether oxygens (including phenoxy) is 2. The Hall–Kier alpha value is -2.27. The first-order valence-corrected chi connectivity index (χ1v) is 6.74. The van der Waals surface area contributed by atoms with Crippen LogP contribution in [0.4, 0.5) is 0 Å². The van der Waals surface area contributed by atoms with Crippen molar-refractivity contribution in [2.24, 2.45) is 0 Å². The van der Waals surface area contributed by atoms with Gasteiger partial charge < -0.3 is 14.6 Å². The molecule has 0 aliphatic rings. The van der Waals surface area contributed by atoms with Gasteiger partial charge in [-0.3, -0.25) is 0 Å². The third-order valence-corrected chi connectivity index (χ3v) is 3.66. The Morgan fingerprint density at radius 2 is 2.05 bits per heavy atom. The van der Waals surface area contributed by atoms with Crippen molar-refractivity contribution >= 4 is 29.0 Å². The molecule has 0 unspecified atom stereocenters. The van der Waals surface area contributed by atoms with Crippen LogP contribution in [0.25, 0.3) is 11.6 Å². The van der Waals surface area contributed by atoms with Crippen LogP contribution in [0.1, 0.15) is 10.4 Å². The lowest BCUT2D eigenvalue weighted by atomic mass is 10.1. The van der Waals surface area contributed by atoms with Crippen molar-refractivity contribution in [3.05, 3.63) is 46.2 Å². The summed E-state index contributed by atoms with van der Waals surface area (Å²) >= 11 is 1.38. The average molecular weight is 290 g/mol. The van der Waals surface area contributed by atoms with Crippen molar-refractivity contribution in [1.29, 1.82) is 0 Å². The molecule has 0 aliphatic heterocycles. The fourth-order valence-corrected chi connectivity index (χ4v) is 2.51. The highest BCUT2D eigenvalue weighted by molar-refractivity contribution is 7.11. The highest BCUT2D eigenvalue weighted by atomic mass is 32.1. The summed E-state index contributed by atoms with van der Waals surface area (Å²) in [4.78, 5) is 12.1. The number of carbonyl (C=O) groups is 1. The molecule has 2 aromatic rings. The molecule has 104 valence electrons. The summed E-state index contributed by atoms with van der Waals surface area (Å²) in [6.07, 6.45) is 1.59. The van der Waals surface area contributed by atoms with Crippen LogP contribution >= 0.6 is 11.3 Å². The van der Waals surface area contributed by atoms with Crippen LogP contribution in [0, 0.1) is 0 Å². The normalized spacial score (nSPS) is 11.2. The van der Waals surface area contributed by atoms with Crippen molar-refractivity contribution in [2.75, 3.05) is 14.2 Å². The number of thiophene rings is 1. The van der Waals surface area contributed by atoms with E-state index in [1.807, 2.05) is 11.4 Å². The first-order valence-electron chi connectivity index (χ1n) is 5.86. The highest BCUT2D eigenvalue weighted by Gasteiger charge is 2.13. The summed E-state index contributed by atoms with van der Waals surface area (Å²) in [5.74, 6) is 0.270. The minimum atomic E-state index is -0.975. The fraction of sp³-hybridized carbons (Fsp3) is 0.133. The number of hydrogen-bond donors (Lipinski definition) is 1. The molecule has 20 heavy (non-hydrogen) atoms. The first kappa shape index (κ1) is 14.1. The number of hydrogen-bond acceptors (Lipinski definition) is 4. The van der Waals surface area contributed by atoms with Gasteiger partial charge >= 0.3 is 5.97 Å². The molecule has 0 saturated heterocycles. The van der Waals surface area contributed by atoms with Gasteiger partial charge in [0, 0.05) is 10.4 Å². The van der Waals surface area contributed by atoms with Gasteiger partial charge in [-0.2, -0.15) is 0 Å². The van der Waals surface area contributed by atoms with E-state index < -0.39 is 5.97 Å². The molecule has 2 rings (SSSR count). The van der Waals surface area contributed by atoms with E-state index in [0.717, 1.165) is 0 Å². The maximum Gasteiger partial charge on any atom is 0.337 e. The topological polar surface area (TPSA) is 55.8 Å². The molecule has 0 fully saturated rings. The van der Waals surface area contributed by atoms with Crippen LogP contribution in [-0.2, 0) is 4.79 Å². The number of carboxylic acids is 1. The Bertz CT molecular complexity index is 629. The first-order chi connectivity index (χ1) is 9.65. The molecule has 1 aromatic carbocycles. The number of rotatable bonds is 5. The average Bonchev–Trinajstić information content (AvgIpc) is 2.97. The van der Waals surface area contributed by atoms with Crippen LogP contribution in [-0.4, -0.2) is 25.3 Å². The van der Waals surface area contributed by atoms with Gasteiger partial charge in [0.2, 0.25) is 0 Å². The lowest BCUT2D eigenvalue weighted by Crippen LogP contribution is -1.98. The van der Waals surface area contributed by atoms with Gasteiger partial charge in [0.25, 0.3) is 0 Å². The van der Waals surface area contributed by atoms with E-state index in [1.165, 1.54) is 11.3 Å². The van der Waals surface area contributed by atoms with E-state index in [-0.39, 0.29) is 5.57 Å². The van der Waals surface area contributed by atoms with Crippen LogP contribution in [0.2, 0.25) is 0 Å². The smallest absolute Gasteiger partial charge is 0.337 e. The van der Waals surface area contributed by atoms with Crippen LogP contribution in [0.5, 0.6) is 11.5 Å². The van der Waals surface area contributed by atoms with Gasteiger partial charge in [0.05, 0.1) is 19.8 Å². The largest absolute Gasteiger partial charge is 0.497 e. The molecule has 1 aromatic heterocycles. The lowest BCUT2D eigenvalue weighted by molar-refractivity contribution is -0.130. The molecule has 0 saturated carbocycles. The van der Waals surface area contributed by atoms with Crippen molar-refractivity contribution in [3.63, 3.8) is 0 Å². The molecular weight excluding hydrogens is 276 g/mol. The standard InChI is InChI=1S/C15H14O4S/c1-18-11-5-6-13(19-2)10(8-11)9-12(15(16)17)14-4-3-7-20-14/h3-9H,1-2H3,(H,16,17)/b12-9+. The van der Waals surface area contributed by atoms with Gasteiger partial charge in [0.15, 0.2) is 0 Å². The third kappa shape index (κ3) is 3.00. The van der Waals surface area contributed by atoms with Crippen LogP contribution in [0.3, 0.4) is 0 Å². The molecule has 4 nitrogen and oxygen atoms in total. The summed E-state index contributed by atoms with van der Waals surface area (Å²) in [6, 6.07) is 8.85. The third-order valence-electron chi connectivity index (χ3n) is 2.75. The van der Waals surface area contributed by atoms with Crippen molar-refractivity contribution in [2.45, 2.75) is 0 Å². The minimum absolute atomic E-state index is 0.228. The van der Waals surface area contributed by atoms with Crippen molar-refractivity contribution in [3.8, 4) is 11.5 Å². The lowest BCUT2D eigenvalue weighted by Gasteiger charge is -2.08. The zero-order chi connectivity index (χ0) is 14.5. The zero-order valence-electron chi connectivity index (χ0n) is 11.1. The molecule has 0 atom stereocenters. The van der Waals surface area contributed by atoms with E-state index >= 15 is 0 Å². The summed E-state index contributed by atoms with van der Waals surface area (Å²) in [5, 5.41) is 11.2. The summed E-state index contributed by atoms with van der Waals surface area (Å²) in [6.45, 7) is 0. The molecule has 5 heteroatoms. The zero-order valence-corrected chi connectivity index (χ0v) is 11.9. The van der Waals surface area contributed by atoms with E-state index in [2.05, 4.69) is 0 Å². The van der Waals surface area contributed by atoms with Crippen LogP contribution < -0.4 is 9.47 Å². The SMILES string of the molecule is COc1ccc(OC)c(/C=C(/C(=O)O)c2cccs2)c1. The Balaban J connectivity index is 2.53. The number of carboxylic acid groups (broad SMARTS) is 1. The Kier molecular flexibility index (Phi) is 4.42. The van der Waals surface area contributed by atoms with Gasteiger partial charge in [-0.05, 0) is 35.7 Å². The second kappa shape index (κ2) is 6.25. The molecule has 0 bridgehead atoms. The Morgan fingerprint density at radius 3 is 2.60 bits per heavy atom. The Morgan fingerprint density at radius 1 is 1.25 bits per heavy atom. The summed E-state index contributed by atoms with van der Waals surface area (Å²) < 4.78 is 10.4. The summed E-state index contributed by atoms with van der Waals surface area (Å²) in [5.41, 5.74) is 0.893.